The maximum atomic E-state index is 11.4. The highest BCUT2D eigenvalue weighted by atomic mass is 16.5. The highest BCUT2D eigenvalue weighted by Gasteiger charge is 2.22. The van der Waals surface area contributed by atoms with Crippen molar-refractivity contribution in [1.82, 2.24) is 4.90 Å². The average Bonchev–Trinajstić information content (AvgIpc) is 2.71. The van der Waals surface area contributed by atoms with Gasteiger partial charge in [0.05, 0.1) is 7.11 Å². The molecule has 0 unspecified atom stereocenters. The molecule has 1 saturated heterocycles. The Morgan fingerprint density at radius 1 is 1.00 bits per heavy atom. The number of methoxy groups -OCH3 is 1. The minimum absolute atomic E-state index is 0.0808. The van der Waals surface area contributed by atoms with E-state index in [0.29, 0.717) is 12.3 Å². The fourth-order valence-electron chi connectivity index (χ4n) is 3.60. The summed E-state index contributed by atoms with van der Waals surface area (Å²) in [6, 6.07) is 21.1. The zero-order valence-electron chi connectivity index (χ0n) is 15.5. The number of carbonyl (C=O) groups excluding carboxylic acids is 1. The second-order valence-electron chi connectivity index (χ2n) is 6.89. The van der Waals surface area contributed by atoms with Crippen molar-refractivity contribution in [1.29, 1.82) is 0 Å². The van der Waals surface area contributed by atoms with Gasteiger partial charge in [-0.3, -0.25) is 4.79 Å². The number of carbonyl (C=O) groups is 1. The molecule has 2 aromatic carbocycles. The predicted octanol–water partition coefficient (Wildman–Crippen LogP) is 4.10. The Labute approximate surface area is 156 Å². The zero-order chi connectivity index (χ0) is 18.2. The standard InChI is InChI=1S/C22H28N2O2/c1-26-22(25)18-19-12-14-23(15-13-19)16-17-24(20-8-4-2-5-9-20)21-10-6-3-7-11-21/h2-11,19H,12-18H2,1H3. The van der Waals surface area contributed by atoms with E-state index in [0.717, 1.165) is 39.0 Å². The van der Waals surface area contributed by atoms with Crippen LogP contribution in [0.15, 0.2) is 60.7 Å². The minimum atomic E-state index is -0.0808. The average molecular weight is 352 g/mol. The molecule has 0 saturated carbocycles. The molecule has 3 rings (SSSR count). The smallest absolute Gasteiger partial charge is 0.305 e. The summed E-state index contributed by atoms with van der Waals surface area (Å²) in [7, 11) is 1.47. The van der Waals surface area contributed by atoms with E-state index in [2.05, 4.69) is 70.5 Å². The molecule has 0 N–H and O–H groups in total. The van der Waals surface area contributed by atoms with E-state index in [1.807, 2.05) is 0 Å². The van der Waals surface area contributed by atoms with Gasteiger partial charge in [-0.05, 0) is 56.1 Å². The third-order valence-electron chi connectivity index (χ3n) is 5.17. The van der Waals surface area contributed by atoms with Crippen LogP contribution in [0.2, 0.25) is 0 Å². The minimum Gasteiger partial charge on any atom is -0.469 e. The molecule has 0 bridgehead atoms. The highest BCUT2D eigenvalue weighted by molar-refractivity contribution is 5.69. The fraction of sp³-hybridized carbons (Fsp3) is 0.409. The van der Waals surface area contributed by atoms with Crippen molar-refractivity contribution in [2.75, 3.05) is 38.2 Å². The van der Waals surface area contributed by atoms with Crippen molar-refractivity contribution in [3.05, 3.63) is 60.7 Å². The van der Waals surface area contributed by atoms with E-state index in [1.165, 1.54) is 18.5 Å². The number of piperidine rings is 1. The quantitative estimate of drug-likeness (QED) is 0.703. The van der Waals surface area contributed by atoms with Crippen molar-refractivity contribution < 1.29 is 9.53 Å². The van der Waals surface area contributed by atoms with Gasteiger partial charge in [0.15, 0.2) is 0 Å². The lowest BCUT2D eigenvalue weighted by Crippen LogP contribution is -2.39. The predicted molar refractivity (Wildman–Crippen MR) is 106 cm³/mol. The summed E-state index contributed by atoms with van der Waals surface area (Å²) in [6.45, 7) is 4.09. The van der Waals surface area contributed by atoms with Crippen molar-refractivity contribution in [2.45, 2.75) is 19.3 Å². The molecular weight excluding hydrogens is 324 g/mol. The number of benzene rings is 2. The molecule has 1 heterocycles. The SMILES string of the molecule is COC(=O)CC1CCN(CCN(c2ccccc2)c2ccccc2)CC1. The summed E-state index contributed by atoms with van der Waals surface area (Å²) in [5, 5.41) is 0. The van der Waals surface area contributed by atoms with Crippen molar-refractivity contribution >= 4 is 17.3 Å². The Morgan fingerprint density at radius 3 is 2.04 bits per heavy atom. The van der Waals surface area contributed by atoms with E-state index in [9.17, 15) is 4.79 Å². The molecule has 2 aromatic rings. The lowest BCUT2D eigenvalue weighted by atomic mass is 9.93. The van der Waals surface area contributed by atoms with Crippen LogP contribution < -0.4 is 4.90 Å². The topological polar surface area (TPSA) is 32.8 Å². The van der Waals surface area contributed by atoms with Crippen LogP contribution in [0.1, 0.15) is 19.3 Å². The highest BCUT2D eigenvalue weighted by Crippen LogP contribution is 2.25. The monoisotopic (exact) mass is 352 g/mol. The molecule has 4 nitrogen and oxygen atoms in total. The van der Waals surface area contributed by atoms with Crippen LogP contribution in [0.3, 0.4) is 0 Å². The number of nitrogens with zero attached hydrogens (tertiary/aromatic N) is 2. The van der Waals surface area contributed by atoms with Crippen LogP contribution in [0, 0.1) is 5.92 Å². The third kappa shape index (κ3) is 5.09. The van der Waals surface area contributed by atoms with Crippen LogP contribution in [-0.4, -0.2) is 44.2 Å². The fourth-order valence-corrected chi connectivity index (χ4v) is 3.60. The number of hydrogen-bond donors (Lipinski definition) is 0. The number of esters is 1. The Morgan fingerprint density at radius 2 is 1.54 bits per heavy atom. The molecule has 138 valence electrons. The molecule has 0 spiro atoms. The van der Waals surface area contributed by atoms with E-state index < -0.39 is 0 Å². The number of likely N-dealkylation sites (tertiary alicyclic amines) is 1. The molecule has 1 aliphatic rings. The van der Waals surface area contributed by atoms with Crippen molar-refractivity contribution in [3.8, 4) is 0 Å². The molecule has 0 aromatic heterocycles. The number of anilines is 2. The van der Waals surface area contributed by atoms with Gasteiger partial charge < -0.3 is 14.5 Å². The Kier molecular flexibility index (Phi) is 6.67. The molecule has 0 radical (unpaired) electrons. The van der Waals surface area contributed by atoms with E-state index >= 15 is 0 Å². The molecule has 4 heteroatoms. The van der Waals surface area contributed by atoms with Gasteiger partial charge in [-0.2, -0.15) is 0 Å². The Bertz CT molecular complexity index is 628. The lowest BCUT2D eigenvalue weighted by molar-refractivity contribution is -0.142. The summed E-state index contributed by atoms with van der Waals surface area (Å²) in [4.78, 5) is 16.3. The largest absolute Gasteiger partial charge is 0.469 e. The first-order valence-electron chi connectivity index (χ1n) is 9.43. The molecule has 0 amide bonds. The first-order chi connectivity index (χ1) is 12.8. The lowest BCUT2D eigenvalue weighted by Gasteiger charge is -2.34. The summed E-state index contributed by atoms with van der Waals surface area (Å²) in [5.74, 6) is 0.390. The molecule has 26 heavy (non-hydrogen) atoms. The number of ether oxygens (including phenoxy) is 1. The Balaban J connectivity index is 1.57. The maximum Gasteiger partial charge on any atom is 0.305 e. The normalized spacial score (nSPS) is 15.6. The molecule has 0 atom stereocenters. The van der Waals surface area contributed by atoms with E-state index in [-0.39, 0.29) is 5.97 Å². The zero-order valence-corrected chi connectivity index (χ0v) is 15.5. The molecule has 1 fully saturated rings. The van der Waals surface area contributed by atoms with Gasteiger partial charge in [-0.1, -0.05) is 36.4 Å². The first-order valence-corrected chi connectivity index (χ1v) is 9.43. The van der Waals surface area contributed by atoms with Gasteiger partial charge in [-0.25, -0.2) is 0 Å². The third-order valence-corrected chi connectivity index (χ3v) is 5.17. The number of hydrogen-bond acceptors (Lipinski definition) is 4. The van der Waals surface area contributed by atoms with Crippen LogP contribution in [0.4, 0.5) is 11.4 Å². The second-order valence-corrected chi connectivity index (χ2v) is 6.89. The summed E-state index contributed by atoms with van der Waals surface area (Å²) < 4.78 is 4.80. The number of rotatable bonds is 7. The van der Waals surface area contributed by atoms with Gasteiger partial charge in [0.25, 0.3) is 0 Å². The summed E-state index contributed by atoms with van der Waals surface area (Å²) in [5.41, 5.74) is 2.44. The molecular formula is C22H28N2O2. The second kappa shape index (κ2) is 9.39. The van der Waals surface area contributed by atoms with Crippen LogP contribution in [-0.2, 0) is 9.53 Å². The summed E-state index contributed by atoms with van der Waals surface area (Å²) in [6.07, 6.45) is 2.71. The van der Waals surface area contributed by atoms with E-state index in [4.69, 9.17) is 4.74 Å². The van der Waals surface area contributed by atoms with Crippen LogP contribution >= 0.6 is 0 Å². The van der Waals surface area contributed by atoms with Gasteiger partial charge >= 0.3 is 5.97 Å². The van der Waals surface area contributed by atoms with Gasteiger partial charge in [0.1, 0.15) is 0 Å². The van der Waals surface area contributed by atoms with Crippen LogP contribution in [0.5, 0.6) is 0 Å². The summed E-state index contributed by atoms with van der Waals surface area (Å²) >= 11 is 0. The van der Waals surface area contributed by atoms with E-state index in [1.54, 1.807) is 0 Å². The maximum absolute atomic E-state index is 11.4. The van der Waals surface area contributed by atoms with Gasteiger partial charge in [0.2, 0.25) is 0 Å². The van der Waals surface area contributed by atoms with Gasteiger partial charge in [-0.15, -0.1) is 0 Å². The van der Waals surface area contributed by atoms with Crippen LogP contribution in [0.25, 0.3) is 0 Å². The first kappa shape index (κ1) is 18.5. The molecule has 0 aliphatic carbocycles. The van der Waals surface area contributed by atoms with Gasteiger partial charge in [0, 0.05) is 30.9 Å². The number of para-hydroxylation sites is 2. The van der Waals surface area contributed by atoms with Crippen molar-refractivity contribution in [2.24, 2.45) is 5.92 Å². The Hall–Kier alpha value is -2.33. The van der Waals surface area contributed by atoms with Crippen molar-refractivity contribution in [3.63, 3.8) is 0 Å². The molecule has 1 aliphatic heterocycles.